The molecule has 0 saturated heterocycles. The summed E-state index contributed by atoms with van der Waals surface area (Å²) in [6.07, 6.45) is 6.11. The summed E-state index contributed by atoms with van der Waals surface area (Å²) >= 11 is 0. The molecule has 1 amide bonds. The third kappa shape index (κ3) is 2.65. The van der Waals surface area contributed by atoms with E-state index in [1.807, 2.05) is 47.3 Å². The lowest BCUT2D eigenvalue weighted by Crippen LogP contribution is -2.13. The molecule has 5 heteroatoms. The molecular formula is C14H14N4O. The molecule has 0 radical (unpaired) electrons. The highest BCUT2D eigenvalue weighted by molar-refractivity contribution is 5.93. The fraction of sp³-hybridized carbons (Fsp3) is 0.143. The molecule has 2 N–H and O–H groups in total. The number of anilines is 1. The number of nitrogens with one attached hydrogen (secondary N) is 2. The molecule has 0 aliphatic carbocycles. The predicted octanol–water partition coefficient (Wildman–Crippen LogP) is 2.39. The van der Waals surface area contributed by atoms with Crippen LogP contribution in [0.25, 0.3) is 10.9 Å². The molecule has 0 spiro atoms. The molecule has 0 aliphatic heterocycles. The molecule has 2 aromatic heterocycles. The van der Waals surface area contributed by atoms with Crippen LogP contribution in [0.4, 0.5) is 5.69 Å². The number of aromatic nitrogens is 3. The van der Waals surface area contributed by atoms with Crippen LogP contribution in [0.5, 0.6) is 0 Å². The summed E-state index contributed by atoms with van der Waals surface area (Å²) in [5, 5.41) is 10.8. The van der Waals surface area contributed by atoms with Gasteiger partial charge in [0.05, 0.1) is 11.7 Å². The summed E-state index contributed by atoms with van der Waals surface area (Å²) in [5.41, 5.74) is 1.71. The van der Waals surface area contributed by atoms with Gasteiger partial charge in [0, 0.05) is 36.4 Å². The number of rotatable bonds is 4. The first-order chi connectivity index (χ1) is 9.31. The summed E-state index contributed by atoms with van der Waals surface area (Å²) in [7, 11) is 0. The first kappa shape index (κ1) is 11.5. The van der Waals surface area contributed by atoms with Crippen molar-refractivity contribution in [2.75, 3.05) is 5.32 Å². The number of aryl methyl sites for hydroxylation is 1. The second kappa shape index (κ2) is 4.97. The summed E-state index contributed by atoms with van der Waals surface area (Å²) < 4.78 is 1.98. The zero-order chi connectivity index (χ0) is 13.1. The van der Waals surface area contributed by atoms with Crippen molar-refractivity contribution in [3.8, 4) is 0 Å². The number of nitrogens with zero attached hydrogens (tertiary/aromatic N) is 2. The molecular weight excluding hydrogens is 240 g/mol. The van der Waals surface area contributed by atoms with Gasteiger partial charge < -0.3 is 9.88 Å². The maximum Gasteiger partial charge on any atom is 0.226 e. The van der Waals surface area contributed by atoms with E-state index in [4.69, 9.17) is 0 Å². The van der Waals surface area contributed by atoms with Crippen LogP contribution < -0.4 is 5.32 Å². The van der Waals surface area contributed by atoms with Crippen LogP contribution in [-0.2, 0) is 11.3 Å². The number of benzene rings is 1. The normalized spacial score (nSPS) is 10.7. The molecule has 19 heavy (non-hydrogen) atoms. The van der Waals surface area contributed by atoms with Gasteiger partial charge in [0.1, 0.15) is 0 Å². The Morgan fingerprint density at radius 1 is 1.32 bits per heavy atom. The second-order valence-corrected chi connectivity index (χ2v) is 4.39. The zero-order valence-corrected chi connectivity index (χ0v) is 10.3. The highest BCUT2D eigenvalue weighted by Gasteiger charge is 2.04. The Morgan fingerprint density at radius 3 is 3.00 bits per heavy atom. The van der Waals surface area contributed by atoms with Crippen molar-refractivity contribution in [2.45, 2.75) is 13.0 Å². The van der Waals surface area contributed by atoms with E-state index in [0.29, 0.717) is 13.0 Å². The van der Waals surface area contributed by atoms with Crippen LogP contribution in [0, 0.1) is 0 Å². The van der Waals surface area contributed by atoms with E-state index in [0.717, 1.165) is 16.6 Å². The number of hydrogen-bond acceptors (Lipinski definition) is 2. The lowest BCUT2D eigenvalue weighted by molar-refractivity contribution is -0.116. The van der Waals surface area contributed by atoms with Crippen molar-refractivity contribution in [1.82, 2.24) is 14.8 Å². The minimum absolute atomic E-state index is 0.00700. The van der Waals surface area contributed by atoms with E-state index in [-0.39, 0.29) is 5.91 Å². The Labute approximate surface area is 110 Å². The van der Waals surface area contributed by atoms with Crippen LogP contribution in [0.2, 0.25) is 0 Å². The van der Waals surface area contributed by atoms with Crippen LogP contribution in [0.1, 0.15) is 6.42 Å². The second-order valence-electron chi connectivity index (χ2n) is 4.39. The van der Waals surface area contributed by atoms with Gasteiger partial charge in [0.15, 0.2) is 0 Å². The number of carbonyl (C=O) groups is 1. The minimum atomic E-state index is 0.00700. The van der Waals surface area contributed by atoms with Crippen LogP contribution in [0.3, 0.4) is 0 Å². The third-order valence-corrected chi connectivity index (χ3v) is 2.99. The van der Waals surface area contributed by atoms with Gasteiger partial charge in [-0.2, -0.15) is 5.10 Å². The molecule has 0 saturated carbocycles. The molecule has 0 fully saturated rings. The number of fused-ring (bicyclic) bond motifs is 1. The summed E-state index contributed by atoms with van der Waals surface area (Å²) in [4.78, 5) is 11.8. The van der Waals surface area contributed by atoms with Gasteiger partial charge in [-0.25, -0.2) is 0 Å². The smallest absolute Gasteiger partial charge is 0.226 e. The summed E-state index contributed by atoms with van der Waals surface area (Å²) in [6, 6.07) is 9.59. The molecule has 5 nitrogen and oxygen atoms in total. The highest BCUT2D eigenvalue weighted by Crippen LogP contribution is 2.16. The van der Waals surface area contributed by atoms with Crippen molar-refractivity contribution in [1.29, 1.82) is 0 Å². The highest BCUT2D eigenvalue weighted by atomic mass is 16.1. The van der Waals surface area contributed by atoms with Crippen LogP contribution >= 0.6 is 0 Å². The van der Waals surface area contributed by atoms with E-state index in [2.05, 4.69) is 15.5 Å². The van der Waals surface area contributed by atoms with E-state index < -0.39 is 0 Å². The Bertz CT molecular complexity index is 684. The van der Waals surface area contributed by atoms with Gasteiger partial charge in [-0.1, -0.05) is 0 Å². The van der Waals surface area contributed by atoms with Crippen molar-refractivity contribution in [2.24, 2.45) is 0 Å². The van der Waals surface area contributed by atoms with Gasteiger partial charge in [-0.3, -0.25) is 9.89 Å². The molecule has 1 aromatic carbocycles. The van der Waals surface area contributed by atoms with Crippen LogP contribution in [-0.4, -0.2) is 20.7 Å². The fourth-order valence-electron chi connectivity index (χ4n) is 1.99. The standard InChI is InChI=1S/C14H14N4O/c19-14(5-8-18-6-1-2-7-18)16-12-4-3-11-10-15-17-13(11)9-12/h1-4,6-7,9-10H,5,8H2,(H,15,17)(H,16,19). The molecule has 0 atom stereocenters. The number of H-pyrrole nitrogens is 1. The Balaban J connectivity index is 1.62. The lowest BCUT2D eigenvalue weighted by atomic mass is 10.2. The summed E-state index contributed by atoms with van der Waals surface area (Å²) in [5.74, 6) is 0.00700. The van der Waals surface area contributed by atoms with Gasteiger partial charge in [0.2, 0.25) is 5.91 Å². The Morgan fingerprint density at radius 2 is 2.16 bits per heavy atom. The monoisotopic (exact) mass is 254 g/mol. The largest absolute Gasteiger partial charge is 0.354 e. The number of carbonyl (C=O) groups excluding carboxylic acids is 1. The van der Waals surface area contributed by atoms with Gasteiger partial charge >= 0.3 is 0 Å². The lowest BCUT2D eigenvalue weighted by Gasteiger charge is -2.06. The molecule has 0 aliphatic rings. The third-order valence-electron chi connectivity index (χ3n) is 2.99. The van der Waals surface area contributed by atoms with E-state index in [1.54, 1.807) is 6.20 Å². The summed E-state index contributed by atoms with van der Waals surface area (Å²) in [6.45, 7) is 0.686. The van der Waals surface area contributed by atoms with E-state index >= 15 is 0 Å². The maximum atomic E-state index is 11.8. The Kier molecular flexibility index (Phi) is 3.02. The molecule has 0 unspecified atom stereocenters. The SMILES string of the molecule is O=C(CCn1cccc1)Nc1ccc2cn[nH]c2c1. The number of hydrogen-bond donors (Lipinski definition) is 2. The van der Waals surface area contributed by atoms with Crippen molar-refractivity contribution < 1.29 is 4.79 Å². The van der Waals surface area contributed by atoms with E-state index in [1.165, 1.54) is 0 Å². The molecule has 3 aromatic rings. The molecule has 0 bridgehead atoms. The Hall–Kier alpha value is -2.56. The number of amides is 1. The predicted molar refractivity (Wildman–Crippen MR) is 73.8 cm³/mol. The van der Waals surface area contributed by atoms with Gasteiger partial charge in [-0.05, 0) is 30.3 Å². The molecule has 96 valence electrons. The first-order valence-corrected chi connectivity index (χ1v) is 6.15. The van der Waals surface area contributed by atoms with Gasteiger partial charge in [0.25, 0.3) is 0 Å². The fourth-order valence-corrected chi connectivity index (χ4v) is 1.99. The minimum Gasteiger partial charge on any atom is -0.354 e. The zero-order valence-electron chi connectivity index (χ0n) is 10.3. The van der Waals surface area contributed by atoms with Crippen molar-refractivity contribution >= 4 is 22.5 Å². The average Bonchev–Trinajstić information content (AvgIpc) is 3.07. The maximum absolute atomic E-state index is 11.8. The molecule has 2 heterocycles. The topological polar surface area (TPSA) is 62.7 Å². The van der Waals surface area contributed by atoms with Crippen molar-refractivity contribution in [3.05, 3.63) is 48.9 Å². The van der Waals surface area contributed by atoms with Gasteiger partial charge in [-0.15, -0.1) is 0 Å². The van der Waals surface area contributed by atoms with Crippen LogP contribution in [0.15, 0.2) is 48.9 Å². The molecule has 3 rings (SSSR count). The first-order valence-electron chi connectivity index (χ1n) is 6.15. The van der Waals surface area contributed by atoms with E-state index in [9.17, 15) is 4.79 Å². The van der Waals surface area contributed by atoms with Crippen molar-refractivity contribution in [3.63, 3.8) is 0 Å². The average molecular weight is 254 g/mol. The quantitative estimate of drug-likeness (QED) is 0.751. The number of aromatic amines is 1.